The number of rotatable bonds is 3. The molecule has 1 aromatic carbocycles. The third-order valence-corrected chi connectivity index (χ3v) is 2.08. The summed E-state index contributed by atoms with van der Waals surface area (Å²) in [7, 11) is 1.66. The minimum absolute atomic E-state index is 0.144. The first-order valence-corrected chi connectivity index (χ1v) is 4.28. The van der Waals surface area contributed by atoms with Crippen LogP contribution in [0.5, 0.6) is 5.75 Å². The standard InChI is InChI=1S/C10H13NO2/c1-10(7-13-10)11-8-3-5-9(12-2)6-4-8/h3-6,11H,7H2,1-2H3/t10-/m1/s1. The van der Waals surface area contributed by atoms with Crippen LogP contribution in [0.3, 0.4) is 0 Å². The van der Waals surface area contributed by atoms with Gasteiger partial charge in [-0.1, -0.05) is 0 Å². The van der Waals surface area contributed by atoms with Crippen LogP contribution in [-0.4, -0.2) is 19.4 Å². The van der Waals surface area contributed by atoms with E-state index in [1.54, 1.807) is 7.11 Å². The SMILES string of the molecule is COc1ccc(N[C@@]2(C)CO2)cc1. The molecule has 2 rings (SSSR count). The van der Waals surface area contributed by atoms with Crippen LogP contribution in [0.25, 0.3) is 0 Å². The van der Waals surface area contributed by atoms with Gasteiger partial charge in [0.25, 0.3) is 0 Å². The van der Waals surface area contributed by atoms with Gasteiger partial charge in [-0.15, -0.1) is 0 Å². The van der Waals surface area contributed by atoms with Gasteiger partial charge >= 0.3 is 0 Å². The zero-order chi connectivity index (χ0) is 9.31. The average Bonchev–Trinajstić information content (AvgIpc) is 2.85. The van der Waals surface area contributed by atoms with Gasteiger partial charge in [0.15, 0.2) is 5.72 Å². The second-order valence-electron chi connectivity index (χ2n) is 3.37. The van der Waals surface area contributed by atoms with Crippen LogP contribution in [-0.2, 0) is 4.74 Å². The van der Waals surface area contributed by atoms with Crippen LogP contribution in [0.2, 0.25) is 0 Å². The lowest BCUT2D eigenvalue weighted by Crippen LogP contribution is -2.17. The molecule has 0 spiro atoms. The predicted molar refractivity (Wildman–Crippen MR) is 51.0 cm³/mol. The fourth-order valence-electron chi connectivity index (χ4n) is 1.16. The summed E-state index contributed by atoms with van der Waals surface area (Å²) in [5.74, 6) is 0.868. The van der Waals surface area contributed by atoms with E-state index >= 15 is 0 Å². The lowest BCUT2D eigenvalue weighted by Gasteiger charge is -2.10. The Morgan fingerprint density at radius 2 is 2.00 bits per heavy atom. The van der Waals surface area contributed by atoms with Crippen LogP contribution in [0.4, 0.5) is 5.69 Å². The first-order chi connectivity index (χ1) is 6.22. The Kier molecular flexibility index (Phi) is 1.88. The summed E-state index contributed by atoms with van der Waals surface area (Å²) in [6, 6.07) is 7.81. The molecule has 1 aliphatic rings. The second-order valence-corrected chi connectivity index (χ2v) is 3.37. The Balaban J connectivity index is 2.05. The van der Waals surface area contributed by atoms with E-state index in [1.807, 2.05) is 31.2 Å². The molecule has 0 aliphatic carbocycles. The van der Waals surface area contributed by atoms with E-state index in [0.717, 1.165) is 18.0 Å². The average molecular weight is 179 g/mol. The largest absolute Gasteiger partial charge is 0.497 e. The predicted octanol–water partition coefficient (Wildman–Crippen LogP) is 1.85. The maximum Gasteiger partial charge on any atom is 0.159 e. The maximum atomic E-state index is 5.21. The lowest BCUT2D eigenvalue weighted by molar-refractivity contribution is 0.351. The number of hydrogen-bond acceptors (Lipinski definition) is 3. The molecule has 0 bridgehead atoms. The van der Waals surface area contributed by atoms with Gasteiger partial charge in [0.1, 0.15) is 5.75 Å². The van der Waals surface area contributed by atoms with Gasteiger partial charge in [-0.3, -0.25) is 0 Å². The number of epoxide rings is 1. The zero-order valence-electron chi connectivity index (χ0n) is 7.83. The molecule has 1 saturated heterocycles. The van der Waals surface area contributed by atoms with Crippen LogP contribution < -0.4 is 10.1 Å². The molecule has 0 unspecified atom stereocenters. The summed E-state index contributed by atoms with van der Waals surface area (Å²) in [6.07, 6.45) is 0. The Morgan fingerprint density at radius 3 is 2.46 bits per heavy atom. The Morgan fingerprint density at radius 1 is 1.38 bits per heavy atom. The molecule has 1 aromatic rings. The number of hydrogen-bond donors (Lipinski definition) is 1. The Labute approximate surface area is 77.7 Å². The molecule has 0 aromatic heterocycles. The second kappa shape index (κ2) is 2.92. The summed E-state index contributed by atoms with van der Waals surface area (Å²) in [5.41, 5.74) is 0.912. The summed E-state index contributed by atoms with van der Waals surface area (Å²) in [4.78, 5) is 0. The summed E-state index contributed by atoms with van der Waals surface area (Å²) in [6.45, 7) is 2.80. The van der Waals surface area contributed by atoms with Gasteiger partial charge in [-0.05, 0) is 31.2 Å². The molecule has 1 heterocycles. The van der Waals surface area contributed by atoms with Crippen molar-refractivity contribution in [1.29, 1.82) is 0 Å². The highest BCUT2D eigenvalue weighted by atomic mass is 16.6. The fourth-order valence-corrected chi connectivity index (χ4v) is 1.16. The number of anilines is 1. The lowest BCUT2D eigenvalue weighted by atomic mass is 10.2. The summed E-state index contributed by atoms with van der Waals surface area (Å²) < 4.78 is 10.3. The van der Waals surface area contributed by atoms with E-state index < -0.39 is 0 Å². The van der Waals surface area contributed by atoms with E-state index in [0.29, 0.717) is 0 Å². The zero-order valence-corrected chi connectivity index (χ0v) is 7.83. The van der Waals surface area contributed by atoms with Crippen molar-refractivity contribution in [1.82, 2.24) is 0 Å². The molecule has 1 aliphatic heterocycles. The van der Waals surface area contributed by atoms with Gasteiger partial charge in [0, 0.05) is 5.69 Å². The highest BCUT2D eigenvalue weighted by molar-refractivity contribution is 5.48. The van der Waals surface area contributed by atoms with Crippen molar-refractivity contribution < 1.29 is 9.47 Å². The van der Waals surface area contributed by atoms with Crippen molar-refractivity contribution in [2.45, 2.75) is 12.6 Å². The molecule has 1 fully saturated rings. The van der Waals surface area contributed by atoms with Gasteiger partial charge in [0.2, 0.25) is 0 Å². The van der Waals surface area contributed by atoms with Crippen molar-refractivity contribution >= 4 is 5.69 Å². The van der Waals surface area contributed by atoms with Crippen LogP contribution in [0.15, 0.2) is 24.3 Å². The molecule has 1 N–H and O–H groups in total. The molecular weight excluding hydrogens is 166 g/mol. The Hall–Kier alpha value is -1.22. The smallest absolute Gasteiger partial charge is 0.159 e. The van der Waals surface area contributed by atoms with E-state index in [-0.39, 0.29) is 5.72 Å². The van der Waals surface area contributed by atoms with Gasteiger partial charge < -0.3 is 14.8 Å². The van der Waals surface area contributed by atoms with Crippen LogP contribution in [0.1, 0.15) is 6.92 Å². The van der Waals surface area contributed by atoms with E-state index in [4.69, 9.17) is 9.47 Å². The molecule has 0 amide bonds. The van der Waals surface area contributed by atoms with Crippen LogP contribution >= 0.6 is 0 Å². The van der Waals surface area contributed by atoms with Gasteiger partial charge in [-0.2, -0.15) is 0 Å². The van der Waals surface area contributed by atoms with Crippen molar-refractivity contribution in [3.8, 4) is 5.75 Å². The minimum atomic E-state index is -0.144. The molecule has 1 atom stereocenters. The summed E-state index contributed by atoms with van der Waals surface area (Å²) in [5, 5.41) is 3.27. The van der Waals surface area contributed by atoms with E-state index in [1.165, 1.54) is 0 Å². The molecule has 3 heteroatoms. The first-order valence-electron chi connectivity index (χ1n) is 4.28. The van der Waals surface area contributed by atoms with Gasteiger partial charge in [-0.25, -0.2) is 0 Å². The molecule has 0 radical (unpaired) electrons. The first kappa shape index (κ1) is 8.38. The van der Waals surface area contributed by atoms with Crippen molar-refractivity contribution in [2.24, 2.45) is 0 Å². The van der Waals surface area contributed by atoms with E-state index in [2.05, 4.69) is 5.32 Å². The Bertz CT molecular complexity index is 290. The summed E-state index contributed by atoms with van der Waals surface area (Å²) >= 11 is 0. The highest BCUT2D eigenvalue weighted by Crippen LogP contribution is 2.28. The number of methoxy groups -OCH3 is 1. The quantitative estimate of drug-likeness (QED) is 0.719. The molecule has 0 saturated carbocycles. The number of nitrogens with one attached hydrogen (secondary N) is 1. The van der Waals surface area contributed by atoms with Crippen molar-refractivity contribution in [2.75, 3.05) is 19.0 Å². The molecule has 70 valence electrons. The third kappa shape index (κ3) is 1.92. The monoisotopic (exact) mass is 179 g/mol. The maximum absolute atomic E-state index is 5.21. The number of ether oxygens (including phenoxy) is 2. The highest BCUT2D eigenvalue weighted by Gasteiger charge is 2.38. The van der Waals surface area contributed by atoms with Crippen LogP contribution in [0, 0.1) is 0 Å². The molecule has 3 nitrogen and oxygen atoms in total. The van der Waals surface area contributed by atoms with E-state index in [9.17, 15) is 0 Å². The normalized spacial score (nSPS) is 25.4. The van der Waals surface area contributed by atoms with Gasteiger partial charge in [0.05, 0.1) is 13.7 Å². The fraction of sp³-hybridized carbons (Fsp3) is 0.400. The van der Waals surface area contributed by atoms with Crippen molar-refractivity contribution in [3.63, 3.8) is 0 Å². The van der Waals surface area contributed by atoms with Crippen molar-refractivity contribution in [3.05, 3.63) is 24.3 Å². The third-order valence-electron chi connectivity index (χ3n) is 2.08. The molecule has 13 heavy (non-hydrogen) atoms. The molecular formula is C10H13NO2. The topological polar surface area (TPSA) is 33.8 Å². The number of benzene rings is 1. The minimum Gasteiger partial charge on any atom is -0.497 e.